The molecule has 0 heterocycles. The van der Waals surface area contributed by atoms with Gasteiger partial charge in [0.05, 0.1) is 6.42 Å². The molecule has 0 aliphatic heterocycles. The van der Waals surface area contributed by atoms with Crippen molar-refractivity contribution in [3.8, 4) is 0 Å². The van der Waals surface area contributed by atoms with Crippen LogP contribution in [-0.2, 0) is 11.2 Å². The van der Waals surface area contributed by atoms with Gasteiger partial charge in [0.25, 0.3) is 0 Å². The normalized spacial score (nSPS) is 15.0. The highest BCUT2D eigenvalue weighted by Crippen LogP contribution is 2.36. The Kier molecular flexibility index (Phi) is 3.78. The molecular formula is C19H20O2. The van der Waals surface area contributed by atoms with Gasteiger partial charge in [0, 0.05) is 0 Å². The second kappa shape index (κ2) is 5.72. The van der Waals surface area contributed by atoms with Gasteiger partial charge >= 0.3 is 5.97 Å². The Balaban J connectivity index is 2.29. The maximum atomic E-state index is 11.3. The standard InChI is InChI=1S/C19H20O2/c1-13-11-15-9-5-6-10-16(15)19(17(13)12-18(20)21)14-7-3-2-4-8-14/h5-7,9-11H,2-4,8,12H2,1H3,(H,20,21). The number of hydrogen-bond donors (Lipinski definition) is 1. The Morgan fingerprint density at radius 3 is 2.76 bits per heavy atom. The maximum absolute atomic E-state index is 11.3. The van der Waals surface area contributed by atoms with Crippen LogP contribution in [0.5, 0.6) is 0 Å². The minimum absolute atomic E-state index is 0.101. The summed E-state index contributed by atoms with van der Waals surface area (Å²) in [5, 5.41) is 11.7. The first-order valence-corrected chi connectivity index (χ1v) is 7.59. The Hall–Kier alpha value is -2.09. The van der Waals surface area contributed by atoms with E-state index < -0.39 is 5.97 Å². The first-order chi connectivity index (χ1) is 10.2. The van der Waals surface area contributed by atoms with Crippen molar-refractivity contribution in [2.45, 2.75) is 39.0 Å². The first kappa shape index (κ1) is 13.9. The van der Waals surface area contributed by atoms with Gasteiger partial charge in [-0.2, -0.15) is 0 Å². The number of rotatable bonds is 3. The van der Waals surface area contributed by atoms with E-state index in [-0.39, 0.29) is 6.42 Å². The van der Waals surface area contributed by atoms with Gasteiger partial charge in [-0.1, -0.05) is 36.4 Å². The minimum atomic E-state index is -0.758. The van der Waals surface area contributed by atoms with Crippen LogP contribution in [0.25, 0.3) is 16.3 Å². The summed E-state index contributed by atoms with van der Waals surface area (Å²) in [6, 6.07) is 10.4. The molecule has 2 aromatic carbocycles. The van der Waals surface area contributed by atoms with E-state index in [0.29, 0.717) is 0 Å². The molecule has 0 bridgehead atoms. The molecule has 2 aromatic rings. The third kappa shape index (κ3) is 2.71. The van der Waals surface area contributed by atoms with Crippen LogP contribution >= 0.6 is 0 Å². The fourth-order valence-electron chi connectivity index (χ4n) is 3.34. The summed E-state index contributed by atoms with van der Waals surface area (Å²) in [6.07, 6.45) is 6.99. The predicted molar refractivity (Wildman–Crippen MR) is 86.5 cm³/mol. The van der Waals surface area contributed by atoms with Crippen molar-refractivity contribution in [2.75, 3.05) is 0 Å². The lowest BCUT2D eigenvalue weighted by molar-refractivity contribution is -0.136. The van der Waals surface area contributed by atoms with Crippen LogP contribution in [0.4, 0.5) is 0 Å². The average molecular weight is 280 g/mol. The molecule has 3 rings (SSSR count). The van der Waals surface area contributed by atoms with Crippen LogP contribution in [0.1, 0.15) is 42.4 Å². The van der Waals surface area contributed by atoms with E-state index in [2.05, 4.69) is 24.3 Å². The van der Waals surface area contributed by atoms with Gasteiger partial charge in [-0.25, -0.2) is 0 Å². The monoisotopic (exact) mass is 280 g/mol. The SMILES string of the molecule is Cc1cc2ccccc2c(C2=CCCCC2)c1CC(=O)O. The molecule has 0 atom stereocenters. The van der Waals surface area contributed by atoms with Gasteiger partial charge in [-0.15, -0.1) is 0 Å². The zero-order valence-electron chi connectivity index (χ0n) is 12.4. The van der Waals surface area contributed by atoms with E-state index in [1.165, 1.54) is 34.8 Å². The summed E-state index contributed by atoms with van der Waals surface area (Å²) < 4.78 is 0. The van der Waals surface area contributed by atoms with Crippen molar-refractivity contribution >= 4 is 22.3 Å². The summed E-state index contributed by atoms with van der Waals surface area (Å²) in [5.41, 5.74) is 4.57. The third-order valence-corrected chi connectivity index (χ3v) is 4.32. The molecule has 108 valence electrons. The fraction of sp³-hybridized carbons (Fsp3) is 0.316. The molecule has 2 nitrogen and oxygen atoms in total. The number of fused-ring (bicyclic) bond motifs is 1. The number of carboxylic acids is 1. The van der Waals surface area contributed by atoms with Crippen molar-refractivity contribution in [2.24, 2.45) is 0 Å². The van der Waals surface area contributed by atoms with Gasteiger partial charge in [-0.05, 0) is 65.6 Å². The largest absolute Gasteiger partial charge is 0.481 e. The quantitative estimate of drug-likeness (QED) is 0.882. The minimum Gasteiger partial charge on any atom is -0.481 e. The highest BCUT2D eigenvalue weighted by molar-refractivity contribution is 5.97. The number of carbonyl (C=O) groups is 1. The van der Waals surface area contributed by atoms with E-state index in [1.54, 1.807) is 0 Å². The Labute approximate surface area is 125 Å². The number of allylic oxidation sites excluding steroid dienone is 2. The fourth-order valence-corrected chi connectivity index (χ4v) is 3.34. The number of carboxylic acid groups (broad SMARTS) is 1. The lowest BCUT2D eigenvalue weighted by Crippen LogP contribution is -2.07. The Morgan fingerprint density at radius 2 is 2.05 bits per heavy atom. The molecule has 0 spiro atoms. The summed E-state index contributed by atoms with van der Waals surface area (Å²) in [6.45, 7) is 2.03. The molecule has 2 heteroatoms. The highest BCUT2D eigenvalue weighted by atomic mass is 16.4. The molecule has 0 amide bonds. The molecule has 1 N–H and O–H groups in total. The van der Waals surface area contributed by atoms with E-state index in [1.807, 2.05) is 19.1 Å². The highest BCUT2D eigenvalue weighted by Gasteiger charge is 2.18. The number of hydrogen-bond acceptors (Lipinski definition) is 1. The summed E-state index contributed by atoms with van der Waals surface area (Å²) in [5.74, 6) is -0.758. The third-order valence-electron chi connectivity index (χ3n) is 4.32. The summed E-state index contributed by atoms with van der Waals surface area (Å²) >= 11 is 0. The van der Waals surface area contributed by atoms with Crippen LogP contribution < -0.4 is 0 Å². The molecule has 0 saturated heterocycles. The van der Waals surface area contributed by atoms with Crippen molar-refractivity contribution in [1.29, 1.82) is 0 Å². The molecule has 0 radical (unpaired) electrons. The number of aryl methyl sites for hydroxylation is 1. The van der Waals surface area contributed by atoms with Gasteiger partial charge in [-0.3, -0.25) is 4.79 Å². The predicted octanol–water partition coefficient (Wildman–Crippen LogP) is 4.73. The van der Waals surface area contributed by atoms with Crippen LogP contribution in [0, 0.1) is 6.92 Å². The lowest BCUT2D eigenvalue weighted by atomic mass is 9.84. The lowest BCUT2D eigenvalue weighted by Gasteiger charge is -2.20. The maximum Gasteiger partial charge on any atom is 0.307 e. The summed E-state index contributed by atoms with van der Waals surface area (Å²) in [4.78, 5) is 11.3. The molecule has 0 saturated carbocycles. The number of aliphatic carboxylic acids is 1. The first-order valence-electron chi connectivity index (χ1n) is 7.59. The van der Waals surface area contributed by atoms with Gasteiger partial charge in [0.2, 0.25) is 0 Å². The van der Waals surface area contributed by atoms with Gasteiger partial charge in [0.15, 0.2) is 0 Å². The van der Waals surface area contributed by atoms with Crippen molar-refractivity contribution in [3.05, 3.63) is 53.1 Å². The van der Waals surface area contributed by atoms with E-state index in [4.69, 9.17) is 0 Å². The van der Waals surface area contributed by atoms with Crippen LogP contribution in [0.3, 0.4) is 0 Å². The molecular weight excluding hydrogens is 260 g/mol. The molecule has 0 unspecified atom stereocenters. The zero-order valence-corrected chi connectivity index (χ0v) is 12.4. The molecule has 0 fully saturated rings. The smallest absolute Gasteiger partial charge is 0.307 e. The summed E-state index contributed by atoms with van der Waals surface area (Å²) in [7, 11) is 0. The molecule has 1 aliphatic rings. The second-order valence-electron chi connectivity index (χ2n) is 5.81. The van der Waals surface area contributed by atoms with Crippen LogP contribution in [0.15, 0.2) is 36.4 Å². The molecule has 0 aromatic heterocycles. The molecule has 1 aliphatic carbocycles. The Morgan fingerprint density at radius 1 is 1.24 bits per heavy atom. The average Bonchev–Trinajstić information content (AvgIpc) is 2.48. The molecule has 21 heavy (non-hydrogen) atoms. The van der Waals surface area contributed by atoms with Crippen molar-refractivity contribution in [3.63, 3.8) is 0 Å². The van der Waals surface area contributed by atoms with E-state index in [0.717, 1.165) is 24.0 Å². The van der Waals surface area contributed by atoms with Crippen LogP contribution in [0.2, 0.25) is 0 Å². The van der Waals surface area contributed by atoms with Crippen molar-refractivity contribution in [1.82, 2.24) is 0 Å². The van der Waals surface area contributed by atoms with Gasteiger partial charge in [0.1, 0.15) is 0 Å². The van der Waals surface area contributed by atoms with Crippen LogP contribution in [-0.4, -0.2) is 11.1 Å². The second-order valence-corrected chi connectivity index (χ2v) is 5.81. The van der Waals surface area contributed by atoms with E-state index in [9.17, 15) is 9.90 Å². The van der Waals surface area contributed by atoms with E-state index >= 15 is 0 Å². The van der Waals surface area contributed by atoms with Gasteiger partial charge < -0.3 is 5.11 Å². The topological polar surface area (TPSA) is 37.3 Å². The van der Waals surface area contributed by atoms with Crippen molar-refractivity contribution < 1.29 is 9.90 Å². The number of benzene rings is 2. The Bertz CT molecular complexity index is 726. The zero-order chi connectivity index (χ0) is 14.8.